The fourth-order valence-corrected chi connectivity index (χ4v) is 10.5. The summed E-state index contributed by atoms with van der Waals surface area (Å²) in [7, 11) is 0. The number of nitrogens with one attached hydrogen (secondary N) is 2. The highest BCUT2D eigenvalue weighted by Crippen LogP contribution is 2.50. The minimum absolute atomic E-state index is 0.0816. The number of imidazole rings is 2. The van der Waals surface area contributed by atoms with E-state index in [0.717, 1.165) is 5.56 Å². The quantitative estimate of drug-likeness (QED) is 0.116. The van der Waals surface area contributed by atoms with Crippen LogP contribution in [0.5, 0.6) is 0 Å². The van der Waals surface area contributed by atoms with Crippen molar-refractivity contribution in [1.29, 1.82) is 0 Å². The Kier molecular flexibility index (Phi) is 9.94. The minimum atomic E-state index is -1.08. The monoisotopic (exact) mass is 854 g/mol. The van der Waals surface area contributed by atoms with Crippen LogP contribution in [0.3, 0.4) is 0 Å². The van der Waals surface area contributed by atoms with Crippen LogP contribution in [0.4, 0.5) is 42.9 Å². The molecule has 4 aliphatic heterocycles. The molecule has 0 aliphatic carbocycles. The standard InChI is InChI=1S/C45H43F5N8O4/c46-25-7-5-23(6-8-25)24-11-15-55(16-12-24)41-31(49)17-26(18-32(41)50)58-37(27-19-33-35(21-29(27)47)53-42(51-33)39-3-1-13-56(39)44(59)60)9-10-38(58)28-20-34-36(22-30(28)48)54-43(52-34)40-4-2-14-57(40)45(61)62/h5-8,17-22,24,37-40H,1-4,9-16H2,(H,51,53)(H,52,54)(H,59,60)(H,61,62)/t37-,38-,39+,40+/m1/s1. The van der Waals surface area contributed by atoms with Crippen molar-refractivity contribution >= 4 is 45.6 Å². The van der Waals surface area contributed by atoms with Crippen LogP contribution in [0.2, 0.25) is 0 Å². The van der Waals surface area contributed by atoms with E-state index in [1.807, 2.05) is 0 Å². The summed E-state index contributed by atoms with van der Waals surface area (Å²) in [4.78, 5) is 45.3. The number of carbonyl (C=O) groups is 2. The Morgan fingerprint density at radius 1 is 0.581 bits per heavy atom. The van der Waals surface area contributed by atoms with Crippen molar-refractivity contribution in [3.8, 4) is 0 Å². The lowest BCUT2D eigenvalue weighted by Crippen LogP contribution is -2.34. The summed E-state index contributed by atoms with van der Waals surface area (Å²) in [6.07, 6.45) is 1.97. The van der Waals surface area contributed by atoms with E-state index in [9.17, 15) is 24.2 Å². The van der Waals surface area contributed by atoms with E-state index in [0.29, 0.717) is 98.4 Å². The number of hydrogen-bond donors (Lipinski definition) is 4. The molecule has 4 atom stereocenters. The van der Waals surface area contributed by atoms with E-state index < -0.39 is 59.6 Å². The summed E-state index contributed by atoms with van der Waals surface area (Å²) < 4.78 is 79.5. The summed E-state index contributed by atoms with van der Waals surface area (Å²) in [5.41, 5.74) is 2.70. The molecule has 2 aromatic heterocycles. The van der Waals surface area contributed by atoms with Crippen molar-refractivity contribution in [2.45, 2.75) is 81.5 Å². The third kappa shape index (κ3) is 6.90. The van der Waals surface area contributed by atoms with Gasteiger partial charge in [0.25, 0.3) is 0 Å². The molecule has 17 heteroatoms. The van der Waals surface area contributed by atoms with Crippen LogP contribution >= 0.6 is 0 Å². The van der Waals surface area contributed by atoms with E-state index >= 15 is 17.6 Å². The Bertz CT molecular complexity index is 2570. The zero-order valence-corrected chi connectivity index (χ0v) is 33.4. The Morgan fingerprint density at radius 2 is 1.06 bits per heavy atom. The van der Waals surface area contributed by atoms with Gasteiger partial charge < -0.3 is 30.0 Å². The van der Waals surface area contributed by atoms with E-state index in [-0.39, 0.29) is 47.1 Å². The number of piperidine rings is 1. The molecule has 4 N–H and O–H groups in total. The molecule has 0 saturated carbocycles. The fraction of sp³-hybridized carbons (Fsp3) is 0.378. The Labute approximate surface area is 352 Å². The van der Waals surface area contributed by atoms with Crippen LogP contribution in [-0.2, 0) is 0 Å². The van der Waals surface area contributed by atoms with Crippen LogP contribution in [-0.4, -0.2) is 78.3 Å². The molecule has 10 rings (SSSR count). The van der Waals surface area contributed by atoms with Crippen LogP contribution in [0, 0.1) is 29.1 Å². The molecule has 322 valence electrons. The average molecular weight is 855 g/mol. The maximum absolute atomic E-state index is 16.5. The van der Waals surface area contributed by atoms with E-state index in [1.165, 1.54) is 46.2 Å². The first kappa shape index (κ1) is 39.7. The van der Waals surface area contributed by atoms with Crippen LogP contribution in [0.1, 0.15) is 110 Å². The van der Waals surface area contributed by atoms with Gasteiger partial charge in [0.2, 0.25) is 0 Å². The second kappa shape index (κ2) is 15.5. The zero-order valence-electron chi connectivity index (χ0n) is 33.4. The maximum atomic E-state index is 16.5. The lowest BCUT2D eigenvalue weighted by atomic mass is 9.89. The van der Waals surface area contributed by atoms with Gasteiger partial charge in [-0.3, -0.25) is 9.80 Å². The van der Waals surface area contributed by atoms with Gasteiger partial charge in [-0.1, -0.05) is 12.1 Å². The second-order valence-electron chi connectivity index (χ2n) is 16.9. The highest BCUT2D eigenvalue weighted by Gasteiger charge is 2.41. The molecule has 4 aliphatic rings. The van der Waals surface area contributed by atoms with Gasteiger partial charge in [0.1, 0.15) is 34.8 Å². The number of benzene rings is 4. The van der Waals surface area contributed by atoms with Gasteiger partial charge in [0.15, 0.2) is 11.6 Å². The molecule has 6 heterocycles. The number of anilines is 2. The molecular formula is C45H43F5N8O4. The summed E-state index contributed by atoms with van der Waals surface area (Å²) in [6, 6.07) is 11.7. The Hall–Kier alpha value is -6.39. The zero-order chi connectivity index (χ0) is 43.0. The first-order valence-electron chi connectivity index (χ1n) is 21.1. The maximum Gasteiger partial charge on any atom is 0.407 e. The normalized spacial score (nSPS) is 22.2. The van der Waals surface area contributed by atoms with Crippen molar-refractivity contribution < 1.29 is 41.8 Å². The largest absolute Gasteiger partial charge is 0.465 e. The van der Waals surface area contributed by atoms with Crippen LogP contribution in [0.15, 0.2) is 60.7 Å². The van der Waals surface area contributed by atoms with Crippen LogP contribution in [0.25, 0.3) is 22.1 Å². The third-order valence-corrected chi connectivity index (χ3v) is 13.4. The van der Waals surface area contributed by atoms with Crippen molar-refractivity contribution in [2.75, 3.05) is 36.0 Å². The lowest BCUT2D eigenvalue weighted by Gasteiger charge is -2.36. The van der Waals surface area contributed by atoms with Crippen molar-refractivity contribution in [3.63, 3.8) is 0 Å². The van der Waals surface area contributed by atoms with Gasteiger partial charge in [-0.2, -0.15) is 0 Å². The molecule has 2 amide bonds. The Balaban J connectivity index is 1.02. The minimum Gasteiger partial charge on any atom is -0.465 e. The first-order valence-corrected chi connectivity index (χ1v) is 21.1. The topological polar surface area (TPSA) is 145 Å². The van der Waals surface area contributed by atoms with Crippen LogP contribution < -0.4 is 9.80 Å². The predicted octanol–water partition coefficient (Wildman–Crippen LogP) is 10.2. The van der Waals surface area contributed by atoms with Crippen molar-refractivity contribution in [3.05, 3.63) is 118 Å². The molecule has 4 saturated heterocycles. The van der Waals surface area contributed by atoms with Gasteiger partial charge in [-0.15, -0.1) is 0 Å². The van der Waals surface area contributed by atoms with E-state index in [4.69, 9.17) is 0 Å². The van der Waals surface area contributed by atoms with Gasteiger partial charge in [-0.25, -0.2) is 41.5 Å². The number of aromatic nitrogens is 4. The number of fused-ring (bicyclic) bond motifs is 2. The molecule has 0 spiro atoms. The Morgan fingerprint density at radius 3 is 1.53 bits per heavy atom. The van der Waals surface area contributed by atoms with Gasteiger partial charge >= 0.3 is 12.2 Å². The molecule has 0 unspecified atom stereocenters. The van der Waals surface area contributed by atoms with Crippen molar-refractivity contribution in [1.82, 2.24) is 29.7 Å². The summed E-state index contributed by atoms with van der Waals surface area (Å²) in [5.74, 6) is -2.39. The van der Waals surface area contributed by atoms with E-state index in [2.05, 4.69) is 19.9 Å². The molecule has 6 aromatic rings. The number of halogens is 5. The average Bonchev–Trinajstić information content (AvgIpc) is 4.09. The molecule has 4 aromatic carbocycles. The number of rotatable bonds is 7. The molecule has 0 bridgehead atoms. The number of amides is 2. The molecule has 62 heavy (non-hydrogen) atoms. The SMILES string of the molecule is O=C(O)N1CCC[C@H]1c1nc2cc(F)c([C@H]3CC[C@H](c4cc5[nH]c([C@@H]6CCCN6C(=O)O)nc5cc4F)N3c3cc(F)c(N4CCC(c5ccc(F)cc5)CC4)c(F)c3)cc2[nH]1. The summed E-state index contributed by atoms with van der Waals surface area (Å²) in [5, 5.41) is 19.5. The number of H-pyrrole nitrogens is 2. The molecule has 12 nitrogen and oxygen atoms in total. The molecule has 4 fully saturated rings. The fourth-order valence-electron chi connectivity index (χ4n) is 10.5. The molecule has 0 radical (unpaired) electrons. The second-order valence-corrected chi connectivity index (χ2v) is 16.9. The van der Waals surface area contributed by atoms with Gasteiger partial charge in [0.05, 0.1) is 46.2 Å². The summed E-state index contributed by atoms with van der Waals surface area (Å²) >= 11 is 0. The van der Waals surface area contributed by atoms with Gasteiger partial charge in [-0.05, 0) is 99.2 Å². The van der Waals surface area contributed by atoms with Crippen molar-refractivity contribution in [2.24, 2.45) is 0 Å². The summed E-state index contributed by atoms with van der Waals surface area (Å²) in [6.45, 7) is 1.40. The number of nitrogens with zero attached hydrogens (tertiary/aromatic N) is 6. The van der Waals surface area contributed by atoms with Gasteiger partial charge in [0, 0.05) is 55.1 Å². The predicted molar refractivity (Wildman–Crippen MR) is 220 cm³/mol. The number of carboxylic acid groups (broad SMARTS) is 2. The smallest absolute Gasteiger partial charge is 0.407 e. The number of hydrogen-bond acceptors (Lipinski definition) is 6. The highest BCUT2D eigenvalue weighted by molar-refractivity contribution is 5.79. The number of likely N-dealkylation sites (tertiary alicyclic amines) is 2. The highest BCUT2D eigenvalue weighted by atomic mass is 19.1. The van der Waals surface area contributed by atoms with E-state index in [1.54, 1.807) is 34.1 Å². The molecular weight excluding hydrogens is 812 g/mol. The lowest BCUT2D eigenvalue weighted by molar-refractivity contribution is 0.138. The number of aromatic amines is 2. The third-order valence-electron chi connectivity index (χ3n) is 13.4. The first-order chi connectivity index (χ1) is 29.9.